The van der Waals surface area contributed by atoms with Crippen LogP contribution in [0.1, 0.15) is 38.5 Å². The fraction of sp³-hybridized carbons (Fsp3) is 1.00. The average Bonchev–Trinajstić information content (AvgIpc) is 2.29. The van der Waals surface area contributed by atoms with Gasteiger partial charge in [-0.25, -0.2) is 0 Å². The summed E-state index contributed by atoms with van der Waals surface area (Å²) in [4.78, 5) is 0. The van der Waals surface area contributed by atoms with E-state index in [-0.39, 0.29) is 0 Å². The Balaban J connectivity index is 1.84. The normalized spacial score (nSPS) is 57.6. The van der Waals surface area contributed by atoms with E-state index in [2.05, 4.69) is 0 Å². The smallest absolute Gasteiger partial charge is 0.0357 e. The van der Waals surface area contributed by atoms with Crippen LogP contribution in [0.5, 0.6) is 0 Å². The second kappa shape index (κ2) is 1.78. The molecule has 0 nitrogen and oxygen atoms in total. The molecule has 0 aromatic carbocycles. The van der Waals surface area contributed by atoms with Crippen LogP contribution in [0.2, 0.25) is 0 Å². The van der Waals surface area contributed by atoms with Crippen LogP contribution in [-0.2, 0) is 0 Å². The van der Waals surface area contributed by atoms with Gasteiger partial charge in [0.25, 0.3) is 0 Å². The zero-order chi connectivity index (χ0) is 6.55. The minimum absolute atomic E-state index is 1.18. The second-order valence-corrected chi connectivity index (χ2v) is 4.69. The third-order valence-corrected chi connectivity index (χ3v) is 4.23. The van der Waals surface area contributed by atoms with Gasteiger partial charge < -0.3 is 0 Å². The summed E-state index contributed by atoms with van der Waals surface area (Å²) in [5.41, 5.74) is 0. The fourth-order valence-electron chi connectivity index (χ4n) is 3.74. The van der Waals surface area contributed by atoms with Gasteiger partial charge in [0.1, 0.15) is 0 Å². The van der Waals surface area contributed by atoms with Crippen LogP contribution in [0.25, 0.3) is 0 Å². The molecule has 4 saturated carbocycles. The van der Waals surface area contributed by atoms with E-state index in [1.807, 2.05) is 0 Å². The van der Waals surface area contributed by atoms with Crippen molar-refractivity contribution in [2.75, 3.05) is 0 Å². The molecule has 4 aliphatic rings. The highest BCUT2D eigenvalue weighted by molar-refractivity contribution is 4.97. The summed E-state index contributed by atoms with van der Waals surface area (Å²) in [6.07, 6.45) is 9.56. The molecule has 2 atom stereocenters. The second-order valence-electron chi connectivity index (χ2n) is 4.69. The Morgan fingerprint density at radius 1 is 0.800 bits per heavy atom. The third kappa shape index (κ3) is 0.580. The van der Waals surface area contributed by atoms with Gasteiger partial charge in [0.15, 0.2) is 0 Å². The molecule has 0 aliphatic heterocycles. The van der Waals surface area contributed by atoms with Crippen molar-refractivity contribution in [3.8, 4) is 0 Å². The Morgan fingerprint density at radius 3 is 2.40 bits per heavy atom. The molecule has 4 rings (SSSR count). The summed E-state index contributed by atoms with van der Waals surface area (Å²) in [5.74, 6) is 4.78. The lowest BCUT2D eigenvalue weighted by Crippen LogP contribution is -2.39. The van der Waals surface area contributed by atoms with Gasteiger partial charge in [-0.05, 0) is 49.4 Å². The number of hydrogen-bond donors (Lipinski definition) is 0. The summed E-state index contributed by atoms with van der Waals surface area (Å²) in [6, 6.07) is 0. The van der Waals surface area contributed by atoms with Crippen molar-refractivity contribution in [1.82, 2.24) is 0 Å². The van der Waals surface area contributed by atoms with Crippen LogP contribution in [0, 0.1) is 23.7 Å². The number of hydrogen-bond acceptors (Lipinski definition) is 0. The van der Waals surface area contributed by atoms with E-state index in [4.69, 9.17) is 0 Å². The Labute approximate surface area is 63.0 Å². The maximum absolute atomic E-state index is 1.61. The summed E-state index contributed by atoms with van der Waals surface area (Å²) in [6.45, 7) is 0. The first-order valence-corrected chi connectivity index (χ1v) is 4.93. The maximum atomic E-state index is 1.61. The predicted molar refractivity (Wildman–Crippen MR) is 41.7 cm³/mol. The first-order valence-electron chi connectivity index (χ1n) is 4.93. The summed E-state index contributed by atoms with van der Waals surface area (Å²) in [7, 11) is 0. The van der Waals surface area contributed by atoms with E-state index in [0.29, 0.717) is 0 Å². The monoisotopic (exact) mass is 136 g/mol. The third-order valence-electron chi connectivity index (χ3n) is 4.23. The molecule has 0 saturated heterocycles. The average molecular weight is 136 g/mol. The van der Waals surface area contributed by atoms with Gasteiger partial charge in [0.05, 0.1) is 0 Å². The van der Waals surface area contributed by atoms with Crippen LogP contribution in [0.15, 0.2) is 0 Å². The maximum Gasteiger partial charge on any atom is -0.0357 e. The Kier molecular flexibility index (Phi) is 1.00. The molecule has 0 aromatic rings. The minimum atomic E-state index is 1.18. The molecule has 2 unspecified atom stereocenters. The molecule has 4 aliphatic carbocycles. The van der Waals surface area contributed by atoms with Crippen molar-refractivity contribution in [2.24, 2.45) is 23.7 Å². The fourth-order valence-corrected chi connectivity index (χ4v) is 3.74. The van der Waals surface area contributed by atoms with Gasteiger partial charge in [-0.15, -0.1) is 0 Å². The quantitative estimate of drug-likeness (QED) is 0.480. The van der Waals surface area contributed by atoms with Gasteiger partial charge in [0, 0.05) is 0 Å². The molecule has 0 spiro atoms. The predicted octanol–water partition coefficient (Wildman–Crippen LogP) is 2.83. The Morgan fingerprint density at radius 2 is 1.60 bits per heavy atom. The molecule has 0 radical (unpaired) electrons. The van der Waals surface area contributed by atoms with Gasteiger partial charge in [-0.2, -0.15) is 0 Å². The molecule has 56 valence electrons. The zero-order valence-corrected chi connectivity index (χ0v) is 6.55. The molecule has 10 heavy (non-hydrogen) atoms. The van der Waals surface area contributed by atoms with Crippen LogP contribution < -0.4 is 0 Å². The lowest BCUT2D eigenvalue weighted by atomic mass is 9.57. The molecule has 0 amide bonds. The molecule has 0 heterocycles. The SMILES string of the molecule is C1CC2CC3CC(C3)C2C1. The Bertz CT molecular complexity index is 144. The first kappa shape index (κ1) is 5.62. The van der Waals surface area contributed by atoms with Crippen LogP contribution >= 0.6 is 0 Å². The van der Waals surface area contributed by atoms with Crippen LogP contribution in [-0.4, -0.2) is 0 Å². The first-order chi connectivity index (χ1) is 4.93. The minimum Gasteiger partial charge on any atom is -0.0527 e. The molecular weight excluding hydrogens is 120 g/mol. The van der Waals surface area contributed by atoms with Gasteiger partial charge in [-0.1, -0.05) is 12.8 Å². The van der Waals surface area contributed by atoms with Crippen molar-refractivity contribution < 1.29 is 0 Å². The highest BCUT2D eigenvalue weighted by Gasteiger charge is 2.46. The largest absolute Gasteiger partial charge is 0.0527 e. The highest BCUT2D eigenvalue weighted by Crippen LogP contribution is 2.57. The van der Waals surface area contributed by atoms with Gasteiger partial charge in [0.2, 0.25) is 0 Å². The molecular formula is C10H16. The van der Waals surface area contributed by atoms with Crippen molar-refractivity contribution in [3.63, 3.8) is 0 Å². The molecule has 2 bridgehead atoms. The van der Waals surface area contributed by atoms with Crippen molar-refractivity contribution in [2.45, 2.75) is 38.5 Å². The molecule has 0 aromatic heterocycles. The highest BCUT2D eigenvalue weighted by atomic mass is 14.5. The summed E-state index contributed by atoms with van der Waals surface area (Å²) >= 11 is 0. The molecule has 0 N–H and O–H groups in total. The van der Waals surface area contributed by atoms with E-state index in [1.54, 1.807) is 38.5 Å². The molecule has 4 fully saturated rings. The van der Waals surface area contributed by atoms with E-state index in [0.717, 1.165) is 0 Å². The summed E-state index contributed by atoms with van der Waals surface area (Å²) in [5, 5.41) is 0. The topological polar surface area (TPSA) is 0 Å². The van der Waals surface area contributed by atoms with Crippen molar-refractivity contribution in [3.05, 3.63) is 0 Å². The van der Waals surface area contributed by atoms with Crippen LogP contribution in [0.4, 0.5) is 0 Å². The standard InChI is InChI=1S/C10H16/c1-2-8-4-7-5-9(6-7)10(8)3-1/h7-10H,1-6H2. The van der Waals surface area contributed by atoms with E-state index < -0.39 is 0 Å². The van der Waals surface area contributed by atoms with Crippen molar-refractivity contribution >= 4 is 0 Å². The number of rotatable bonds is 0. The van der Waals surface area contributed by atoms with E-state index >= 15 is 0 Å². The van der Waals surface area contributed by atoms with E-state index in [9.17, 15) is 0 Å². The van der Waals surface area contributed by atoms with E-state index in [1.165, 1.54) is 23.7 Å². The lowest BCUT2D eigenvalue weighted by Gasteiger charge is -2.49. The molecule has 0 heteroatoms. The van der Waals surface area contributed by atoms with Crippen molar-refractivity contribution in [1.29, 1.82) is 0 Å². The van der Waals surface area contributed by atoms with Gasteiger partial charge in [-0.3, -0.25) is 0 Å². The lowest BCUT2D eigenvalue weighted by molar-refractivity contribution is 0.0152. The van der Waals surface area contributed by atoms with Crippen LogP contribution in [0.3, 0.4) is 0 Å². The Hall–Kier alpha value is 0. The zero-order valence-electron chi connectivity index (χ0n) is 6.55. The van der Waals surface area contributed by atoms with Gasteiger partial charge >= 0.3 is 0 Å². The summed E-state index contributed by atoms with van der Waals surface area (Å²) < 4.78 is 0.